The van der Waals surface area contributed by atoms with Crippen molar-refractivity contribution in [1.29, 1.82) is 0 Å². The number of halogens is 3. The molecule has 0 aromatic heterocycles. The van der Waals surface area contributed by atoms with E-state index in [0.29, 0.717) is 0 Å². The Bertz CT molecular complexity index is 397. The molecule has 2 nitrogen and oxygen atoms in total. The van der Waals surface area contributed by atoms with E-state index >= 15 is 0 Å². The quantitative estimate of drug-likeness (QED) is 0.744. The lowest BCUT2D eigenvalue weighted by atomic mass is 10.1. The Morgan fingerprint density at radius 1 is 1.19 bits per heavy atom. The maximum Gasteiger partial charge on any atom is 0.305 e. The summed E-state index contributed by atoms with van der Waals surface area (Å²) in [4.78, 5) is 10.7. The van der Waals surface area contributed by atoms with Gasteiger partial charge < -0.3 is 4.74 Å². The summed E-state index contributed by atoms with van der Waals surface area (Å²) in [6.07, 6.45) is -4.17. The fourth-order valence-electron chi connectivity index (χ4n) is 1.16. The van der Waals surface area contributed by atoms with E-state index in [0.717, 1.165) is 6.92 Å². The molecule has 1 aromatic carbocycles. The molecule has 0 amide bonds. The molecule has 0 aliphatic heterocycles. The molecule has 1 aromatic rings. The number of esters is 1. The molecule has 1 atom stereocenters. The average molecular weight is 230 g/mol. The summed E-state index contributed by atoms with van der Waals surface area (Å²) >= 11 is 0. The van der Waals surface area contributed by atoms with E-state index in [1.54, 1.807) is 6.07 Å². The van der Waals surface area contributed by atoms with Gasteiger partial charge in [-0.25, -0.2) is 4.39 Å². The molecule has 0 bridgehead atoms. The first-order chi connectivity index (χ1) is 7.52. The van der Waals surface area contributed by atoms with Crippen molar-refractivity contribution in [1.82, 2.24) is 0 Å². The molecule has 0 N–H and O–H groups in total. The summed E-state index contributed by atoms with van der Waals surface area (Å²) in [5.41, 5.74) is 0.156. The third-order valence-corrected chi connectivity index (χ3v) is 1.80. The highest BCUT2D eigenvalue weighted by molar-refractivity contribution is 5.66. The van der Waals surface area contributed by atoms with Gasteiger partial charge in [0, 0.05) is 6.92 Å². The Labute approximate surface area is 90.3 Å². The summed E-state index contributed by atoms with van der Waals surface area (Å²) in [6.45, 7) is 1.03. The Morgan fingerprint density at radius 3 is 2.19 bits per heavy atom. The number of carbonyl (C=O) groups is 1. The molecule has 16 heavy (non-hydrogen) atoms. The van der Waals surface area contributed by atoms with Crippen LogP contribution in [-0.4, -0.2) is 5.97 Å². The van der Waals surface area contributed by atoms with Gasteiger partial charge in [0.2, 0.25) is 5.83 Å². The zero-order valence-corrected chi connectivity index (χ0v) is 8.41. The number of hydrogen-bond donors (Lipinski definition) is 0. The highest BCUT2D eigenvalue weighted by Gasteiger charge is 2.24. The maximum absolute atomic E-state index is 13.1. The summed E-state index contributed by atoms with van der Waals surface area (Å²) < 4.78 is 41.9. The molecule has 86 valence electrons. The van der Waals surface area contributed by atoms with E-state index in [9.17, 15) is 18.0 Å². The van der Waals surface area contributed by atoms with Gasteiger partial charge in [0.1, 0.15) is 0 Å². The number of rotatable bonds is 3. The normalized spacial score (nSPS) is 11.8. The van der Waals surface area contributed by atoms with Crippen molar-refractivity contribution in [3.8, 4) is 0 Å². The van der Waals surface area contributed by atoms with Gasteiger partial charge in [-0.2, -0.15) is 8.78 Å². The minimum absolute atomic E-state index is 0.156. The van der Waals surface area contributed by atoms with Crippen molar-refractivity contribution < 1.29 is 22.7 Å². The monoisotopic (exact) mass is 230 g/mol. The molecule has 0 aliphatic rings. The number of carbonyl (C=O) groups excluding carboxylic acids is 1. The standard InChI is InChI=1S/C11H9F3O2/c1-7(15)16-10(9(12)11(13)14)8-5-3-2-4-6-8/h2-6,10H,1H3/t10-/m0/s1. The zero-order valence-electron chi connectivity index (χ0n) is 8.41. The van der Waals surface area contributed by atoms with E-state index in [4.69, 9.17) is 0 Å². The first-order valence-electron chi connectivity index (χ1n) is 4.45. The average Bonchev–Trinajstić information content (AvgIpc) is 2.26. The molecule has 0 unspecified atom stereocenters. The summed E-state index contributed by atoms with van der Waals surface area (Å²) in [6, 6.07) is 7.51. The molecule has 0 fully saturated rings. The van der Waals surface area contributed by atoms with Crippen molar-refractivity contribution in [3.05, 3.63) is 47.8 Å². The first kappa shape index (κ1) is 12.3. The van der Waals surface area contributed by atoms with Crippen LogP contribution in [-0.2, 0) is 9.53 Å². The summed E-state index contributed by atoms with van der Waals surface area (Å²) in [7, 11) is 0. The van der Waals surface area contributed by atoms with Crippen LogP contribution in [0.4, 0.5) is 13.2 Å². The minimum atomic E-state index is -2.49. The molecule has 5 heteroatoms. The minimum Gasteiger partial charge on any atom is -0.450 e. The Balaban J connectivity index is 3.07. The van der Waals surface area contributed by atoms with Crippen molar-refractivity contribution in [2.45, 2.75) is 13.0 Å². The van der Waals surface area contributed by atoms with E-state index in [1.807, 2.05) is 0 Å². The van der Waals surface area contributed by atoms with Gasteiger partial charge in [0.15, 0.2) is 6.10 Å². The molecule has 0 heterocycles. The SMILES string of the molecule is CC(=O)O[C@H](C(F)=C(F)F)c1ccccc1. The second-order valence-corrected chi connectivity index (χ2v) is 3.01. The second kappa shape index (κ2) is 5.34. The third kappa shape index (κ3) is 3.12. The smallest absolute Gasteiger partial charge is 0.305 e. The predicted octanol–water partition coefficient (Wildman–Crippen LogP) is 3.37. The largest absolute Gasteiger partial charge is 0.450 e. The van der Waals surface area contributed by atoms with Crippen LogP contribution in [0.3, 0.4) is 0 Å². The highest BCUT2D eigenvalue weighted by Crippen LogP contribution is 2.30. The van der Waals surface area contributed by atoms with Crippen LogP contribution in [0.1, 0.15) is 18.6 Å². The third-order valence-electron chi connectivity index (χ3n) is 1.80. The number of benzene rings is 1. The topological polar surface area (TPSA) is 26.3 Å². The van der Waals surface area contributed by atoms with Crippen LogP contribution in [0.5, 0.6) is 0 Å². The number of hydrogen-bond acceptors (Lipinski definition) is 2. The molecule has 0 radical (unpaired) electrons. The van der Waals surface area contributed by atoms with E-state index in [1.165, 1.54) is 24.3 Å². The first-order valence-corrected chi connectivity index (χ1v) is 4.45. The second-order valence-electron chi connectivity index (χ2n) is 3.01. The van der Waals surface area contributed by atoms with Crippen molar-refractivity contribution in [3.63, 3.8) is 0 Å². The maximum atomic E-state index is 13.1. The lowest BCUT2D eigenvalue weighted by molar-refractivity contribution is -0.145. The van der Waals surface area contributed by atoms with Crippen LogP contribution in [0.25, 0.3) is 0 Å². The highest BCUT2D eigenvalue weighted by atomic mass is 19.3. The molecular formula is C11H9F3O2. The van der Waals surface area contributed by atoms with Gasteiger partial charge in [-0.1, -0.05) is 30.3 Å². The van der Waals surface area contributed by atoms with E-state index < -0.39 is 24.0 Å². The summed E-state index contributed by atoms with van der Waals surface area (Å²) in [5, 5.41) is 0. The van der Waals surface area contributed by atoms with E-state index in [-0.39, 0.29) is 5.56 Å². The fraction of sp³-hybridized carbons (Fsp3) is 0.182. The van der Waals surface area contributed by atoms with Gasteiger partial charge >= 0.3 is 12.0 Å². The van der Waals surface area contributed by atoms with Crippen LogP contribution in [0.15, 0.2) is 42.2 Å². The Morgan fingerprint density at radius 2 is 1.75 bits per heavy atom. The van der Waals surface area contributed by atoms with Gasteiger partial charge in [-0.05, 0) is 5.56 Å². The number of ether oxygens (including phenoxy) is 1. The van der Waals surface area contributed by atoms with Gasteiger partial charge in [-0.15, -0.1) is 0 Å². The van der Waals surface area contributed by atoms with E-state index in [2.05, 4.69) is 4.74 Å². The summed E-state index contributed by atoms with van der Waals surface area (Å²) in [5.74, 6) is -2.58. The van der Waals surface area contributed by atoms with Crippen LogP contribution in [0.2, 0.25) is 0 Å². The molecule has 0 saturated heterocycles. The molecule has 0 spiro atoms. The van der Waals surface area contributed by atoms with Gasteiger partial charge in [0.25, 0.3) is 0 Å². The predicted molar refractivity (Wildman–Crippen MR) is 51.3 cm³/mol. The molecule has 0 aliphatic carbocycles. The van der Waals surface area contributed by atoms with Crippen LogP contribution < -0.4 is 0 Å². The van der Waals surface area contributed by atoms with Crippen molar-refractivity contribution in [2.75, 3.05) is 0 Å². The Hall–Kier alpha value is -1.78. The lowest BCUT2D eigenvalue weighted by Crippen LogP contribution is -2.09. The molecular weight excluding hydrogens is 221 g/mol. The zero-order chi connectivity index (χ0) is 12.1. The van der Waals surface area contributed by atoms with Gasteiger partial charge in [-0.3, -0.25) is 4.79 Å². The van der Waals surface area contributed by atoms with Crippen molar-refractivity contribution in [2.24, 2.45) is 0 Å². The van der Waals surface area contributed by atoms with Crippen molar-refractivity contribution >= 4 is 5.97 Å². The molecule has 1 rings (SSSR count). The van der Waals surface area contributed by atoms with Gasteiger partial charge in [0.05, 0.1) is 0 Å². The fourth-order valence-corrected chi connectivity index (χ4v) is 1.16. The molecule has 0 saturated carbocycles. The Kier molecular flexibility index (Phi) is 4.10. The van der Waals surface area contributed by atoms with Crippen LogP contribution in [0, 0.1) is 0 Å². The van der Waals surface area contributed by atoms with Crippen LogP contribution >= 0.6 is 0 Å². The lowest BCUT2D eigenvalue weighted by Gasteiger charge is -2.14.